The van der Waals surface area contributed by atoms with E-state index in [1.165, 1.54) is 0 Å². The fraction of sp³-hybridized carbons (Fsp3) is 0.929. The zero-order valence-electron chi connectivity index (χ0n) is 12.0. The number of ether oxygens (including phenoxy) is 2. The van der Waals surface area contributed by atoms with Gasteiger partial charge in [0.15, 0.2) is 9.84 Å². The molecular formula is C14H24O5S. The van der Waals surface area contributed by atoms with Crippen LogP contribution in [0.3, 0.4) is 0 Å². The van der Waals surface area contributed by atoms with Crippen molar-refractivity contribution in [3.05, 3.63) is 0 Å². The predicted molar refractivity (Wildman–Crippen MR) is 75.4 cm³/mol. The Bertz CT molecular complexity index is 411. The third-order valence-electron chi connectivity index (χ3n) is 4.46. The summed E-state index contributed by atoms with van der Waals surface area (Å²) in [5.74, 6) is 0.0778. The van der Waals surface area contributed by atoms with Gasteiger partial charge in [-0.3, -0.25) is 4.79 Å². The van der Waals surface area contributed by atoms with E-state index in [2.05, 4.69) is 0 Å². The largest absolute Gasteiger partial charge is 0.382 e. The number of sulfone groups is 1. The van der Waals surface area contributed by atoms with Gasteiger partial charge in [-0.25, -0.2) is 8.42 Å². The number of methoxy groups -OCH3 is 1. The van der Waals surface area contributed by atoms with Crippen molar-refractivity contribution in [2.45, 2.75) is 49.0 Å². The first kappa shape index (κ1) is 15.9. The van der Waals surface area contributed by atoms with Crippen molar-refractivity contribution < 1.29 is 22.7 Å². The minimum Gasteiger partial charge on any atom is -0.382 e. The van der Waals surface area contributed by atoms with E-state index in [-0.39, 0.29) is 22.2 Å². The second-order valence-electron chi connectivity index (χ2n) is 5.75. The average Bonchev–Trinajstić information content (AvgIpc) is 2.36. The van der Waals surface area contributed by atoms with E-state index in [1.807, 2.05) is 0 Å². The highest BCUT2D eigenvalue weighted by molar-refractivity contribution is 7.92. The van der Waals surface area contributed by atoms with Crippen LogP contribution in [-0.2, 0) is 24.1 Å². The quantitative estimate of drug-likeness (QED) is 0.664. The maximum absolute atomic E-state index is 12.2. The van der Waals surface area contributed by atoms with Gasteiger partial charge in [-0.2, -0.15) is 0 Å². The summed E-state index contributed by atoms with van der Waals surface area (Å²) < 4.78 is 34.5. The molecule has 2 bridgehead atoms. The van der Waals surface area contributed by atoms with E-state index >= 15 is 0 Å². The van der Waals surface area contributed by atoms with E-state index in [0.717, 1.165) is 19.3 Å². The van der Waals surface area contributed by atoms with Crippen molar-refractivity contribution in [3.8, 4) is 0 Å². The van der Waals surface area contributed by atoms with Gasteiger partial charge >= 0.3 is 0 Å². The van der Waals surface area contributed by atoms with E-state index in [0.29, 0.717) is 39.1 Å². The molecule has 2 aliphatic heterocycles. The van der Waals surface area contributed by atoms with Crippen LogP contribution in [0.25, 0.3) is 0 Å². The van der Waals surface area contributed by atoms with Crippen LogP contribution in [0.4, 0.5) is 0 Å². The van der Waals surface area contributed by atoms with Crippen LogP contribution in [0.2, 0.25) is 0 Å². The molecule has 0 aromatic heterocycles. The average molecular weight is 304 g/mol. The summed E-state index contributed by atoms with van der Waals surface area (Å²) in [4.78, 5) is 12.2. The fourth-order valence-electron chi connectivity index (χ4n) is 3.29. The second-order valence-corrected chi connectivity index (χ2v) is 8.27. The molecule has 5 nitrogen and oxygen atoms in total. The molecule has 116 valence electrons. The Balaban J connectivity index is 1.81. The summed E-state index contributed by atoms with van der Waals surface area (Å²) in [5, 5.41) is -0.559. The van der Waals surface area contributed by atoms with Gasteiger partial charge in [-0.1, -0.05) is 6.42 Å². The van der Waals surface area contributed by atoms with Crippen LogP contribution in [0.15, 0.2) is 0 Å². The summed E-state index contributed by atoms with van der Waals surface area (Å²) in [5.41, 5.74) is 0. The van der Waals surface area contributed by atoms with Gasteiger partial charge in [-0.05, 0) is 25.7 Å². The van der Waals surface area contributed by atoms with E-state index in [1.54, 1.807) is 7.11 Å². The lowest BCUT2D eigenvalue weighted by molar-refractivity contribution is -0.124. The summed E-state index contributed by atoms with van der Waals surface area (Å²) in [6.07, 6.45) is 3.87. The molecule has 2 fully saturated rings. The minimum absolute atomic E-state index is 0.0835. The molecule has 0 aliphatic carbocycles. The molecule has 0 N–H and O–H groups in total. The standard InChI is InChI=1S/C14H24O5S/c1-18-7-8-19-6-5-14(15)11-9-12-3-2-4-13(10-11)20(12,16)17/h11-13H,2-10H2,1H3. The Morgan fingerprint density at radius 2 is 1.75 bits per heavy atom. The first-order valence-corrected chi connectivity index (χ1v) is 8.98. The van der Waals surface area contributed by atoms with Gasteiger partial charge in [0.1, 0.15) is 5.78 Å². The van der Waals surface area contributed by atoms with Crippen molar-refractivity contribution in [2.24, 2.45) is 5.92 Å². The Kier molecular flexibility index (Phi) is 5.57. The van der Waals surface area contributed by atoms with Gasteiger partial charge in [0.05, 0.1) is 30.3 Å². The Hall–Kier alpha value is -0.460. The Morgan fingerprint density at radius 1 is 1.10 bits per heavy atom. The monoisotopic (exact) mass is 304 g/mol. The molecule has 0 saturated carbocycles. The van der Waals surface area contributed by atoms with Crippen molar-refractivity contribution >= 4 is 15.6 Å². The van der Waals surface area contributed by atoms with Crippen LogP contribution in [0.5, 0.6) is 0 Å². The highest BCUT2D eigenvalue weighted by Gasteiger charge is 2.45. The molecule has 2 unspecified atom stereocenters. The van der Waals surface area contributed by atoms with Crippen molar-refractivity contribution in [1.29, 1.82) is 0 Å². The number of fused-ring (bicyclic) bond motifs is 2. The number of carbonyl (C=O) groups is 1. The van der Waals surface area contributed by atoms with Crippen LogP contribution in [-0.4, -0.2) is 51.6 Å². The van der Waals surface area contributed by atoms with Crippen LogP contribution < -0.4 is 0 Å². The zero-order chi connectivity index (χ0) is 14.6. The SMILES string of the molecule is COCCOCCC(=O)C1CC2CCCC(C1)S2(=O)=O. The predicted octanol–water partition coefficient (Wildman–Crippen LogP) is 1.35. The minimum atomic E-state index is -2.96. The number of hydrogen-bond acceptors (Lipinski definition) is 5. The lowest BCUT2D eigenvalue weighted by Gasteiger charge is -2.38. The number of carbonyl (C=O) groups excluding carboxylic acids is 1. The van der Waals surface area contributed by atoms with E-state index in [9.17, 15) is 13.2 Å². The molecule has 2 rings (SSSR count). The third-order valence-corrected chi connectivity index (χ3v) is 7.17. The maximum Gasteiger partial charge on any atom is 0.156 e. The fourth-order valence-corrected chi connectivity index (χ4v) is 5.83. The summed E-state index contributed by atoms with van der Waals surface area (Å²) in [7, 11) is -1.36. The first-order chi connectivity index (χ1) is 9.55. The molecule has 0 aromatic carbocycles. The molecule has 20 heavy (non-hydrogen) atoms. The van der Waals surface area contributed by atoms with Crippen molar-refractivity contribution in [3.63, 3.8) is 0 Å². The molecular weight excluding hydrogens is 280 g/mol. The smallest absolute Gasteiger partial charge is 0.156 e. The highest BCUT2D eigenvalue weighted by atomic mass is 32.2. The number of Topliss-reactive ketones (excluding diaryl/α,β-unsaturated/α-hetero) is 1. The molecule has 0 amide bonds. The lowest BCUT2D eigenvalue weighted by Crippen LogP contribution is -2.45. The van der Waals surface area contributed by atoms with Gasteiger partial charge in [0, 0.05) is 19.4 Å². The number of rotatable bonds is 7. The first-order valence-electron chi connectivity index (χ1n) is 7.37. The van der Waals surface area contributed by atoms with Crippen molar-refractivity contribution in [1.82, 2.24) is 0 Å². The molecule has 0 radical (unpaired) electrons. The van der Waals surface area contributed by atoms with Gasteiger partial charge in [-0.15, -0.1) is 0 Å². The van der Waals surface area contributed by atoms with Crippen LogP contribution in [0, 0.1) is 5.92 Å². The second kappa shape index (κ2) is 7.00. The van der Waals surface area contributed by atoms with Gasteiger partial charge in [0.2, 0.25) is 0 Å². The highest BCUT2D eigenvalue weighted by Crippen LogP contribution is 2.39. The van der Waals surface area contributed by atoms with Crippen LogP contribution in [0.1, 0.15) is 38.5 Å². The molecule has 2 heterocycles. The summed E-state index contributed by atoms with van der Waals surface area (Å²) in [6, 6.07) is 0. The molecule has 0 spiro atoms. The number of hydrogen-bond donors (Lipinski definition) is 0. The normalized spacial score (nSPS) is 31.9. The van der Waals surface area contributed by atoms with Crippen molar-refractivity contribution in [2.75, 3.05) is 26.9 Å². The lowest BCUT2D eigenvalue weighted by atomic mass is 9.86. The molecule has 2 atom stereocenters. The molecule has 2 saturated heterocycles. The maximum atomic E-state index is 12.2. The summed E-state index contributed by atoms with van der Waals surface area (Å²) >= 11 is 0. The summed E-state index contributed by atoms with van der Waals surface area (Å²) in [6.45, 7) is 1.43. The van der Waals surface area contributed by atoms with Gasteiger partial charge < -0.3 is 9.47 Å². The van der Waals surface area contributed by atoms with Gasteiger partial charge in [0.25, 0.3) is 0 Å². The third kappa shape index (κ3) is 3.59. The molecule has 2 aliphatic rings. The zero-order valence-corrected chi connectivity index (χ0v) is 12.9. The van der Waals surface area contributed by atoms with E-state index < -0.39 is 9.84 Å². The molecule has 0 aromatic rings. The van der Waals surface area contributed by atoms with E-state index in [4.69, 9.17) is 9.47 Å². The Labute approximate surface area is 120 Å². The Morgan fingerprint density at radius 3 is 2.35 bits per heavy atom. The van der Waals surface area contributed by atoms with Crippen LogP contribution >= 0.6 is 0 Å². The molecule has 6 heteroatoms. The number of ketones is 1. The topological polar surface area (TPSA) is 69.7 Å².